The summed E-state index contributed by atoms with van der Waals surface area (Å²) >= 11 is 0. The second-order valence-corrected chi connectivity index (χ2v) is 7.95. The number of benzene rings is 1. The molecule has 0 saturated heterocycles. The van der Waals surface area contributed by atoms with Crippen LogP contribution in [0, 0.1) is 13.8 Å². The predicted molar refractivity (Wildman–Crippen MR) is 87.2 cm³/mol. The first-order chi connectivity index (χ1) is 11.3. The van der Waals surface area contributed by atoms with Gasteiger partial charge in [0.1, 0.15) is 5.56 Å². The molecule has 3 rings (SSSR count). The Bertz CT molecular complexity index is 884. The van der Waals surface area contributed by atoms with Gasteiger partial charge in [0.25, 0.3) is 10.0 Å². The standard InChI is InChI=1S/C16H19N3O4S/c1-10-3-4-12(7-11(10)2)9-19(13-5-6-13)24(22,23)15-14(16(20)21)8-17-18-15/h3-4,7-8,13H,5-6,9H2,1-2H3,(H,17,18)(H,20,21). The molecule has 0 radical (unpaired) electrons. The van der Waals surface area contributed by atoms with E-state index in [1.165, 1.54) is 4.31 Å². The maximum absolute atomic E-state index is 12.9. The minimum Gasteiger partial charge on any atom is -0.478 e. The summed E-state index contributed by atoms with van der Waals surface area (Å²) in [6, 6.07) is 5.73. The molecule has 0 aliphatic heterocycles. The van der Waals surface area contributed by atoms with E-state index in [0.29, 0.717) is 0 Å². The summed E-state index contributed by atoms with van der Waals surface area (Å²) in [5.41, 5.74) is 2.78. The van der Waals surface area contributed by atoms with Crippen LogP contribution in [0.25, 0.3) is 0 Å². The van der Waals surface area contributed by atoms with E-state index < -0.39 is 16.0 Å². The number of carboxylic acid groups (broad SMARTS) is 1. The first-order valence-corrected chi connectivity index (χ1v) is 9.09. The van der Waals surface area contributed by atoms with Crippen LogP contribution < -0.4 is 0 Å². The smallest absolute Gasteiger partial charge is 0.340 e. The minimum atomic E-state index is -3.96. The van der Waals surface area contributed by atoms with E-state index in [9.17, 15) is 13.2 Å². The molecule has 1 heterocycles. The first kappa shape index (κ1) is 16.7. The van der Waals surface area contributed by atoms with E-state index in [0.717, 1.165) is 35.7 Å². The summed E-state index contributed by atoms with van der Waals surface area (Å²) in [5.74, 6) is -1.32. The van der Waals surface area contributed by atoms with Crippen molar-refractivity contribution in [2.45, 2.75) is 44.3 Å². The molecule has 2 N–H and O–H groups in total. The SMILES string of the molecule is Cc1ccc(CN(C2CC2)S(=O)(=O)c2[nH]ncc2C(=O)O)cc1C. The molecule has 0 spiro atoms. The number of aromatic carboxylic acids is 1. The number of hydrogen-bond acceptors (Lipinski definition) is 4. The normalized spacial score (nSPS) is 15.0. The summed E-state index contributed by atoms with van der Waals surface area (Å²) in [7, 11) is -3.96. The Morgan fingerprint density at radius 3 is 2.62 bits per heavy atom. The lowest BCUT2D eigenvalue weighted by molar-refractivity contribution is 0.0692. The second-order valence-electron chi connectivity index (χ2n) is 6.12. The molecular weight excluding hydrogens is 330 g/mol. The van der Waals surface area contributed by atoms with Crippen LogP contribution in [0.1, 0.15) is 39.9 Å². The number of aryl methyl sites for hydroxylation is 2. The lowest BCUT2D eigenvalue weighted by Crippen LogP contribution is -2.33. The molecule has 1 saturated carbocycles. The molecule has 0 amide bonds. The van der Waals surface area contributed by atoms with Gasteiger partial charge >= 0.3 is 5.97 Å². The van der Waals surface area contributed by atoms with Crippen LogP contribution in [-0.4, -0.2) is 40.0 Å². The summed E-state index contributed by atoms with van der Waals surface area (Å²) < 4.78 is 27.3. The molecule has 1 aliphatic carbocycles. The fourth-order valence-electron chi connectivity index (χ4n) is 2.60. The van der Waals surface area contributed by atoms with Gasteiger partial charge in [0.15, 0.2) is 5.03 Å². The van der Waals surface area contributed by atoms with Gasteiger partial charge in [-0.05, 0) is 43.4 Å². The van der Waals surface area contributed by atoms with Crippen molar-refractivity contribution in [3.05, 3.63) is 46.6 Å². The number of aromatic amines is 1. The van der Waals surface area contributed by atoms with E-state index in [1.54, 1.807) is 0 Å². The second kappa shape index (κ2) is 6.03. The molecule has 7 nitrogen and oxygen atoms in total. The van der Waals surface area contributed by atoms with Gasteiger partial charge in [-0.25, -0.2) is 13.2 Å². The van der Waals surface area contributed by atoms with Gasteiger partial charge < -0.3 is 5.11 Å². The largest absolute Gasteiger partial charge is 0.478 e. The number of carboxylic acids is 1. The van der Waals surface area contributed by atoms with Gasteiger partial charge in [0.05, 0.1) is 6.20 Å². The minimum absolute atomic E-state index is 0.0958. The molecule has 128 valence electrons. The van der Waals surface area contributed by atoms with E-state index in [1.807, 2.05) is 32.0 Å². The van der Waals surface area contributed by atoms with Gasteiger partial charge in [-0.1, -0.05) is 18.2 Å². The zero-order valence-corrected chi connectivity index (χ0v) is 14.3. The maximum atomic E-state index is 12.9. The van der Waals surface area contributed by atoms with Crippen LogP contribution in [0.2, 0.25) is 0 Å². The number of rotatable bonds is 6. The van der Waals surface area contributed by atoms with Crippen molar-refractivity contribution < 1.29 is 18.3 Å². The molecule has 0 bridgehead atoms. The molecule has 1 fully saturated rings. The third-order valence-electron chi connectivity index (χ3n) is 4.27. The Balaban J connectivity index is 1.97. The molecule has 1 aromatic heterocycles. The number of aromatic nitrogens is 2. The van der Waals surface area contributed by atoms with Crippen LogP contribution >= 0.6 is 0 Å². The topological polar surface area (TPSA) is 103 Å². The van der Waals surface area contributed by atoms with Crippen molar-refractivity contribution in [3.8, 4) is 0 Å². The third kappa shape index (κ3) is 3.07. The van der Waals surface area contributed by atoms with Gasteiger partial charge in [-0.15, -0.1) is 0 Å². The summed E-state index contributed by atoms with van der Waals surface area (Å²) in [4.78, 5) is 11.2. The average molecular weight is 349 g/mol. The van der Waals surface area contributed by atoms with Crippen molar-refractivity contribution in [3.63, 3.8) is 0 Å². The van der Waals surface area contributed by atoms with Gasteiger partial charge in [0.2, 0.25) is 0 Å². The molecule has 2 aromatic rings. The highest BCUT2D eigenvalue weighted by Gasteiger charge is 2.40. The fraction of sp³-hybridized carbons (Fsp3) is 0.375. The van der Waals surface area contributed by atoms with Gasteiger partial charge in [-0.3, -0.25) is 5.10 Å². The number of nitrogens with one attached hydrogen (secondary N) is 1. The van der Waals surface area contributed by atoms with Gasteiger partial charge in [0, 0.05) is 12.6 Å². The van der Waals surface area contributed by atoms with Crippen LogP contribution in [0.15, 0.2) is 29.4 Å². The van der Waals surface area contributed by atoms with Gasteiger partial charge in [-0.2, -0.15) is 9.40 Å². The van der Waals surface area contributed by atoms with Crippen molar-refractivity contribution >= 4 is 16.0 Å². The Morgan fingerprint density at radius 2 is 2.04 bits per heavy atom. The molecule has 1 aliphatic rings. The molecule has 24 heavy (non-hydrogen) atoms. The lowest BCUT2D eigenvalue weighted by Gasteiger charge is -2.22. The van der Waals surface area contributed by atoms with Crippen molar-refractivity contribution in [1.29, 1.82) is 0 Å². The predicted octanol–water partition coefficient (Wildman–Crippen LogP) is 2.08. The van der Waals surface area contributed by atoms with E-state index in [4.69, 9.17) is 5.11 Å². The highest BCUT2D eigenvalue weighted by molar-refractivity contribution is 7.89. The zero-order valence-electron chi connectivity index (χ0n) is 13.5. The monoisotopic (exact) mass is 349 g/mol. The van der Waals surface area contributed by atoms with Crippen molar-refractivity contribution in [1.82, 2.24) is 14.5 Å². The number of nitrogens with zero attached hydrogens (tertiary/aromatic N) is 2. The molecule has 1 aromatic carbocycles. The van der Waals surface area contributed by atoms with E-state index in [-0.39, 0.29) is 23.2 Å². The number of H-pyrrole nitrogens is 1. The number of hydrogen-bond donors (Lipinski definition) is 2. The van der Waals surface area contributed by atoms with Crippen LogP contribution in [0.4, 0.5) is 0 Å². The number of carbonyl (C=O) groups is 1. The molecular formula is C16H19N3O4S. The van der Waals surface area contributed by atoms with Crippen LogP contribution in [-0.2, 0) is 16.6 Å². The lowest BCUT2D eigenvalue weighted by atomic mass is 10.1. The molecule has 0 unspecified atom stereocenters. The zero-order chi connectivity index (χ0) is 17.5. The quantitative estimate of drug-likeness (QED) is 0.831. The maximum Gasteiger partial charge on any atom is 0.340 e. The highest BCUT2D eigenvalue weighted by atomic mass is 32.2. The number of sulfonamides is 1. The Labute approximate surface area is 140 Å². The van der Waals surface area contributed by atoms with Crippen LogP contribution in [0.3, 0.4) is 0 Å². The van der Waals surface area contributed by atoms with E-state index in [2.05, 4.69) is 10.2 Å². The summed E-state index contributed by atoms with van der Waals surface area (Å²) in [6.45, 7) is 4.19. The molecule has 8 heteroatoms. The Morgan fingerprint density at radius 1 is 1.33 bits per heavy atom. The van der Waals surface area contributed by atoms with E-state index >= 15 is 0 Å². The van der Waals surface area contributed by atoms with Crippen molar-refractivity contribution in [2.24, 2.45) is 0 Å². The summed E-state index contributed by atoms with van der Waals surface area (Å²) in [6.07, 6.45) is 2.58. The average Bonchev–Trinajstić information content (AvgIpc) is 3.21. The summed E-state index contributed by atoms with van der Waals surface area (Å²) in [5, 5.41) is 14.7. The Kier molecular flexibility index (Phi) is 4.18. The first-order valence-electron chi connectivity index (χ1n) is 7.65. The Hall–Kier alpha value is -2.19. The third-order valence-corrected chi connectivity index (χ3v) is 6.14. The highest BCUT2D eigenvalue weighted by Crippen LogP contribution is 2.34. The van der Waals surface area contributed by atoms with Crippen molar-refractivity contribution in [2.75, 3.05) is 0 Å². The fourth-order valence-corrected chi connectivity index (χ4v) is 4.34. The molecule has 0 atom stereocenters. The van der Waals surface area contributed by atoms with Crippen LogP contribution in [0.5, 0.6) is 0 Å².